The molecule has 5 nitrogen and oxygen atoms in total. The number of hydrogen-bond acceptors (Lipinski definition) is 3. The summed E-state index contributed by atoms with van der Waals surface area (Å²) in [5.74, 6) is -0.507. The molecule has 17 heavy (non-hydrogen) atoms. The topological polar surface area (TPSA) is 66.5 Å². The Bertz CT molecular complexity index is 320. The van der Waals surface area contributed by atoms with Crippen molar-refractivity contribution in [3.8, 4) is 0 Å². The predicted octanol–water partition coefficient (Wildman–Crippen LogP) is 0.597. The Morgan fingerprint density at radius 2 is 2.06 bits per heavy atom. The van der Waals surface area contributed by atoms with E-state index in [0.29, 0.717) is 13.0 Å². The van der Waals surface area contributed by atoms with E-state index in [4.69, 9.17) is 0 Å². The number of carbonyl (C=O) groups is 2. The highest BCUT2D eigenvalue weighted by molar-refractivity contribution is 6.00. The molecule has 0 unspecified atom stereocenters. The molecule has 5 heteroatoms. The number of nitrogens with zero attached hydrogens (tertiary/aromatic N) is 1. The number of hydrogen-bond donors (Lipinski definition) is 1. The van der Waals surface area contributed by atoms with Crippen LogP contribution >= 0.6 is 0 Å². The van der Waals surface area contributed by atoms with Gasteiger partial charge in [-0.2, -0.15) is 0 Å². The molecular formula is C12H19N2O3. The first-order chi connectivity index (χ1) is 7.88. The molecule has 1 saturated heterocycles. The minimum atomic E-state index is -0.610. The van der Waals surface area contributed by atoms with Crippen molar-refractivity contribution in [1.82, 2.24) is 10.2 Å². The van der Waals surface area contributed by atoms with E-state index in [9.17, 15) is 14.4 Å². The molecule has 0 aromatic heterocycles. The number of likely N-dealkylation sites (tertiary alicyclic amines) is 1. The smallest absolute Gasteiger partial charge is 0.309 e. The van der Waals surface area contributed by atoms with E-state index in [1.807, 2.05) is 0 Å². The molecule has 0 aromatic carbocycles. The number of amides is 3. The number of nitrogens with one attached hydrogen (secondary N) is 1. The first-order valence-corrected chi connectivity index (χ1v) is 5.86. The highest BCUT2D eigenvalue weighted by Gasteiger charge is 2.35. The Morgan fingerprint density at radius 3 is 2.59 bits per heavy atom. The first kappa shape index (κ1) is 13.7. The molecule has 3 amide bonds. The SMILES string of the molecule is CC(C)(C)C(=O)N1CCCC[C@H](N[C]=O)C1=O. The van der Waals surface area contributed by atoms with Gasteiger partial charge in [-0.1, -0.05) is 20.8 Å². The van der Waals surface area contributed by atoms with E-state index in [2.05, 4.69) is 5.32 Å². The first-order valence-electron chi connectivity index (χ1n) is 5.86. The lowest BCUT2D eigenvalue weighted by Crippen LogP contribution is -2.50. The maximum atomic E-state index is 12.1. The zero-order valence-corrected chi connectivity index (χ0v) is 10.6. The van der Waals surface area contributed by atoms with Gasteiger partial charge in [0.15, 0.2) is 0 Å². The van der Waals surface area contributed by atoms with Gasteiger partial charge >= 0.3 is 6.41 Å². The largest absolute Gasteiger partial charge is 0.336 e. The van der Waals surface area contributed by atoms with Crippen LogP contribution in [0.3, 0.4) is 0 Å². The summed E-state index contributed by atoms with van der Waals surface area (Å²) in [6, 6.07) is -0.610. The van der Waals surface area contributed by atoms with Gasteiger partial charge in [0.25, 0.3) is 5.91 Å². The maximum Gasteiger partial charge on any atom is 0.309 e. The highest BCUT2D eigenvalue weighted by atomic mass is 16.2. The summed E-state index contributed by atoms with van der Waals surface area (Å²) >= 11 is 0. The summed E-state index contributed by atoms with van der Waals surface area (Å²) in [6.07, 6.45) is 3.71. The second-order valence-corrected chi connectivity index (χ2v) is 5.34. The lowest BCUT2D eigenvalue weighted by atomic mass is 9.94. The van der Waals surface area contributed by atoms with Crippen LogP contribution in [0.4, 0.5) is 0 Å². The molecule has 1 fully saturated rings. The molecule has 1 rings (SSSR count). The van der Waals surface area contributed by atoms with E-state index < -0.39 is 11.5 Å². The maximum absolute atomic E-state index is 12.1. The molecule has 1 N–H and O–H groups in total. The molecule has 1 radical (unpaired) electrons. The van der Waals surface area contributed by atoms with E-state index in [1.165, 1.54) is 11.3 Å². The van der Waals surface area contributed by atoms with Crippen LogP contribution < -0.4 is 5.32 Å². The van der Waals surface area contributed by atoms with Crippen LogP contribution in [-0.4, -0.2) is 35.7 Å². The third-order valence-corrected chi connectivity index (χ3v) is 2.81. The molecule has 1 aliphatic heterocycles. The minimum Gasteiger partial charge on any atom is -0.336 e. The van der Waals surface area contributed by atoms with Gasteiger partial charge in [-0.05, 0) is 19.3 Å². The van der Waals surface area contributed by atoms with E-state index in [1.54, 1.807) is 20.8 Å². The Morgan fingerprint density at radius 1 is 1.41 bits per heavy atom. The minimum absolute atomic E-state index is 0.193. The van der Waals surface area contributed by atoms with Crippen molar-refractivity contribution in [3.63, 3.8) is 0 Å². The molecule has 1 aliphatic rings. The van der Waals surface area contributed by atoms with Crippen LogP contribution in [0.25, 0.3) is 0 Å². The van der Waals surface area contributed by atoms with Gasteiger partial charge in [0.05, 0.1) is 0 Å². The van der Waals surface area contributed by atoms with E-state index >= 15 is 0 Å². The number of imide groups is 1. The number of carbonyl (C=O) groups excluding carboxylic acids is 3. The van der Waals surface area contributed by atoms with Crippen molar-refractivity contribution in [2.45, 2.75) is 46.1 Å². The van der Waals surface area contributed by atoms with Crippen LogP contribution in [0, 0.1) is 5.41 Å². The van der Waals surface area contributed by atoms with Crippen LogP contribution in [0.15, 0.2) is 0 Å². The average molecular weight is 239 g/mol. The number of rotatable bonds is 2. The highest BCUT2D eigenvalue weighted by Crippen LogP contribution is 2.21. The van der Waals surface area contributed by atoms with Crippen molar-refractivity contribution in [3.05, 3.63) is 0 Å². The van der Waals surface area contributed by atoms with Crippen molar-refractivity contribution in [2.24, 2.45) is 5.41 Å². The zero-order valence-electron chi connectivity index (χ0n) is 10.6. The summed E-state index contributed by atoms with van der Waals surface area (Å²) in [5.41, 5.74) is -0.588. The molecule has 1 atom stereocenters. The molecule has 95 valence electrons. The quantitative estimate of drug-likeness (QED) is 0.717. The molecular weight excluding hydrogens is 220 g/mol. The zero-order chi connectivity index (χ0) is 13.1. The Kier molecular flexibility index (Phi) is 4.26. The van der Waals surface area contributed by atoms with Crippen molar-refractivity contribution in [1.29, 1.82) is 0 Å². The molecule has 0 saturated carbocycles. The summed E-state index contributed by atoms with van der Waals surface area (Å²) in [7, 11) is 0. The van der Waals surface area contributed by atoms with Crippen LogP contribution in [0.2, 0.25) is 0 Å². The summed E-state index contributed by atoms with van der Waals surface area (Å²) in [5, 5.41) is 2.36. The van der Waals surface area contributed by atoms with E-state index in [0.717, 1.165) is 12.8 Å². The second kappa shape index (κ2) is 5.29. The fourth-order valence-corrected chi connectivity index (χ4v) is 1.85. The normalized spacial score (nSPS) is 21.9. The van der Waals surface area contributed by atoms with Gasteiger partial charge < -0.3 is 5.32 Å². The van der Waals surface area contributed by atoms with Gasteiger partial charge in [-0.25, -0.2) is 0 Å². The lowest BCUT2D eigenvalue weighted by Gasteiger charge is -2.28. The summed E-state index contributed by atoms with van der Waals surface area (Å²) in [6.45, 7) is 5.78. The lowest BCUT2D eigenvalue weighted by molar-refractivity contribution is -0.150. The summed E-state index contributed by atoms with van der Waals surface area (Å²) in [4.78, 5) is 35.8. The van der Waals surface area contributed by atoms with Gasteiger partial charge in [-0.3, -0.25) is 19.3 Å². The fourth-order valence-electron chi connectivity index (χ4n) is 1.85. The third-order valence-electron chi connectivity index (χ3n) is 2.81. The van der Waals surface area contributed by atoms with Crippen LogP contribution in [-0.2, 0) is 14.4 Å². The molecule has 0 aliphatic carbocycles. The fraction of sp³-hybridized carbons (Fsp3) is 0.750. The van der Waals surface area contributed by atoms with Gasteiger partial charge in [0.2, 0.25) is 5.91 Å². The van der Waals surface area contributed by atoms with Crippen molar-refractivity contribution >= 4 is 18.2 Å². The molecule has 0 aromatic rings. The van der Waals surface area contributed by atoms with Crippen molar-refractivity contribution in [2.75, 3.05) is 6.54 Å². The summed E-state index contributed by atoms with van der Waals surface area (Å²) < 4.78 is 0. The Hall–Kier alpha value is -1.39. The monoisotopic (exact) mass is 239 g/mol. The van der Waals surface area contributed by atoms with Gasteiger partial charge in [0, 0.05) is 12.0 Å². The van der Waals surface area contributed by atoms with Crippen LogP contribution in [0.5, 0.6) is 0 Å². The Balaban J connectivity index is 2.86. The Labute approximate surface area is 102 Å². The third kappa shape index (κ3) is 3.28. The molecule has 0 spiro atoms. The van der Waals surface area contributed by atoms with Crippen molar-refractivity contribution < 1.29 is 14.4 Å². The van der Waals surface area contributed by atoms with Gasteiger partial charge in [-0.15, -0.1) is 0 Å². The predicted molar refractivity (Wildman–Crippen MR) is 62.6 cm³/mol. The molecule has 0 bridgehead atoms. The second-order valence-electron chi connectivity index (χ2n) is 5.34. The molecule has 1 heterocycles. The van der Waals surface area contributed by atoms with Crippen LogP contribution in [0.1, 0.15) is 40.0 Å². The van der Waals surface area contributed by atoms with Gasteiger partial charge in [0.1, 0.15) is 6.04 Å². The standard InChI is InChI=1S/C12H19N2O3/c1-12(2,3)11(17)14-7-5-4-6-9(10(14)16)13-8-15/h9H,4-7H2,1-3H3,(H,13,15)/t9-/m0/s1. The average Bonchev–Trinajstić information content (AvgIpc) is 2.40. The van der Waals surface area contributed by atoms with E-state index in [-0.39, 0.29) is 11.8 Å².